The summed E-state index contributed by atoms with van der Waals surface area (Å²) in [4.78, 5) is 29.6. The third kappa shape index (κ3) is 7.68. The highest BCUT2D eigenvalue weighted by molar-refractivity contribution is 6.34. The third-order valence-electron chi connectivity index (χ3n) is 6.41. The van der Waals surface area contributed by atoms with Crippen LogP contribution in [0.1, 0.15) is 20.7 Å². The predicted octanol–water partition coefficient (Wildman–Crippen LogP) is 5.74. The first-order valence-corrected chi connectivity index (χ1v) is 13.2. The van der Waals surface area contributed by atoms with Gasteiger partial charge >= 0.3 is 6.18 Å². The van der Waals surface area contributed by atoms with Crippen molar-refractivity contribution in [2.24, 2.45) is 0 Å². The lowest BCUT2D eigenvalue weighted by atomic mass is 10.0. The minimum Gasteiger partial charge on any atom is -0.482 e. The van der Waals surface area contributed by atoms with Gasteiger partial charge in [0.2, 0.25) is 0 Å². The van der Waals surface area contributed by atoms with Crippen molar-refractivity contribution in [1.29, 1.82) is 0 Å². The first-order chi connectivity index (χ1) is 19.5. The molecule has 1 aliphatic rings. The number of nitrogens with zero attached hydrogens (tertiary/aromatic N) is 2. The molecule has 2 amide bonds. The van der Waals surface area contributed by atoms with E-state index in [9.17, 15) is 27.2 Å². The Hall–Kier alpha value is -3.38. The number of amides is 2. The van der Waals surface area contributed by atoms with Gasteiger partial charge < -0.3 is 20.1 Å². The standard InChI is InChI=1S/C28H25Cl2F4N3O4/c29-20-6-4-18(27(40)37-10-8-36(9-11-37)12-13-38)14-19(20)17-5-7-23(24(15-17)41-16-28(32,33)34)35-26(39)25-21(30)2-1-3-22(25)31/h1-7,14-15,38H,8-13,16H2,(H,35,39). The lowest BCUT2D eigenvalue weighted by Gasteiger charge is -2.34. The van der Waals surface area contributed by atoms with Crippen LogP contribution < -0.4 is 10.1 Å². The first kappa shape index (κ1) is 30.6. The van der Waals surface area contributed by atoms with Gasteiger partial charge in [0, 0.05) is 48.9 Å². The molecule has 3 aromatic carbocycles. The van der Waals surface area contributed by atoms with Crippen molar-refractivity contribution in [3.05, 3.63) is 81.6 Å². The molecule has 1 saturated heterocycles. The lowest BCUT2D eigenvalue weighted by Crippen LogP contribution is -2.49. The summed E-state index contributed by atoms with van der Waals surface area (Å²) in [5.74, 6) is -2.49. The van der Waals surface area contributed by atoms with E-state index in [0.717, 1.165) is 6.07 Å². The number of nitrogens with one attached hydrogen (secondary N) is 1. The summed E-state index contributed by atoms with van der Waals surface area (Å²) >= 11 is 12.4. The number of anilines is 1. The van der Waals surface area contributed by atoms with E-state index < -0.39 is 30.1 Å². The monoisotopic (exact) mass is 613 g/mol. The van der Waals surface area contributed by atoms with E-state index in [2.05, 4.69) is 5.32 Å². The molecular formula is C28H25Cl2F4N3O4. The molecular weight excluding hydrogens is 589 g/mol. The van der Waals surface area contributed by atoms with Gasteiger partial charge in [-0.25, -0.2) is 4.39 Å². The predicted molar refractivity (Wildman–Crippen MR) is 147 cm³/mol. The van der Waals surface area contributed by atoms with Crippen molar-refractivity contribution in [2.45, 2.75) is 6.18 Å². The quantitative estimate of drug-likeness (QED) is 0.317. The number of carbonyl (C=O) groups is 2. The number of hydrogen-bond donors (Lipinski definition) is 2. The van der Waals surface area contributed by atoms with Gasteiger partial charge in [-0.05, 0) is 48.0 Å². The molecule has 0 atom stereocenters. The number of rotatable bonds is 8. The number of aliphatic hydroxyl groups is 1. The smallest absolute Gasteiger partial charge is 0.422 e. The summed E-state index contributed by atoms with van der Waals surface area (Å²) in [6.07, 6.45) is -4.68. The number of aliphatic hydroxyl groups excluding tert-OH is 1. The summed E-state index contributed by atoms with van der Waals surface area (Å²) in [7, 11) is 0. The summed E-state index contributed by atoms with van der Waals surface area (Å²) in [6.45, 7) is 1.04. The summed E-state index contributed by atoms with van der Waals surface area (Å²) in [5, 5.41) is 11.5. The maximum absolute atomic E-state index is 14.2. The van der Waals surface area contributed by atoms with Crippen LogP contribution in [0.25, 0.3) is 11.1 Å². The van der Waals surface area contributed by atoms with Gasteiger partial charge in [0.15, 0.2) is 6.61 Å². The average Bonchev–Trinajstić information content (AvgIpc) is 2.92. The fraction of sp³-hybridized carbons (Fsp3) is 0.286. The molecule has 13 heteroatoms. The summed E-state index contributed by atoms with van der Waals surface area (Å²) in [6, 6.07) is 12.2. The number of halogens is 6. The molecule has 0 radical (unpaired) electrons. The minimum atomic E-state index is -4.68. The Balaban J connectivity index is 1.63. The Morgan fingerprint density at radius 1 is 0.976 bits per heavy atom. The number of β-amino-alcohol motifs (C(OH)–C–C–N with tert-alkyl or cyclic N) is 1. The topological polar surface area (TPSA) is 82.1 Å². The van der Waals surface area contributed by atoms with Crippen molar-refractivity contribution < 1.29 is 37.0 Å². The van der Waals surface area contributed by atoms with Gasteiger partial charge in [-0.3, -0.25) is 14.5 Å². The lowest BCUT2D eigenvalue weighted by molar-refractivity contribution is -0.153. The molecule has 41 heavy (non-hydrogen) atoms. The van der Waals surface area contributed by atoms with E-state index in [0.29, 0.717) is 49.4 Å². The highest BCUT2D eigenvalue weighted by Gasteiger charge is 2.29. The zero-order valence-corrected chi connectivity index (χ0v) is 23.0. The van der Waals surface area contributed by atoms with Gasteiger partial charge in [0.1, 0.15) is 11.6 Å². The van der Waals surface area contributed by atoms with E-state index in [1.807, 2.05) is 4.90 Å². The zero-order chi connectivity index (χ0) is 29.7. The number of hydrogen-bond acceptors (Lipinski definition) is 5. The van der Waals surface area contributed by atoms with E-state index in [4.69, 9.17) is 33.0 Å². The number of alkyl halides is 3. The molecule has 0 bridgehead atoms. The third-order valence-corrected chi connectivity index (χ3v) is 7.06. The van der Waals surface area contributed by atoms with Crippen molar-refractivity contribution in [2.75, 3.05) is 51.3 Å². The Labute approximate surface area is 243 Å². The highest BCUT2D eigenvalue weighted by Crippen LogP contribution is 2.36. The molecule has 1 heterocycles. The molecule has 1 aliphatic heterocycles. The van der Waals surface area contributed by atoms with Crippen LogP contribution >= 0.6 is 23.2 Å². The van der Waals surface area contributed by atoms with Gasteiger partial charge in [0.25, 0.3) is 11.8 Å². The van der Waals surface area contributed by atoms with Crippen LogP contribution in [0.3, 0.4) is 0 Å². The maximum atomic E-state index is 14.2. The summed E-state index contributed by atoms with van der Waals surface area (Å²) < 4.78 is 58.3. The molecule has 7 nitrogen and oxygen atoms in total. The van der Waals surface area contributed by atoms with Crippen LogP contribution in [0, 0.1) is 5.82 Å². The second-order valence-corrected chi connectivity index (χ2v) is 10.0. The molecule has 0 spiro atoms. The van der Waals surface area contributed by atoms with Crippen molar-refractivity contribution in [3.8, 4) is 16.9 Å². The number of piperazine rings is 1. The largest absolute Gasteiger partial charge is 0.482 e. The van der Waals surface area contributed by atoms with Crippen LogP contribution in [-0.4, -0.2) is 78.8 Å². The van der Waals surface area contributed by atoms with Crippen LogP contribution in [0.4, 0.5) is 23.2 Å². The number of benzene rings is 3. The first-order valence-electron chi connectivity index (χ1n) is 12.5. The molecule has 0 unspecified atom stereocenters. The van der Waals surface area contributed by atoms with Crippen molar-refractivity contribution in [3.63, 3.8) is 0 Å². The molecule has 218 valence electrons. The normalized spacial score (nSPS) is 14.2. The van der Waals surface area contributed by atoms with Crippen LogP contribution in [0.15, 0.2) is 54.6 Å². The van der Waals surface area contributed by atoms with Gasteiger partial charge in [-0.15, -0.1) is 0 Å². The zero-order valence-electron chi connectivity index (χ0n) is 21.5. The molecule has 0 aliphatic carbocycles. The van der Waals surface area contributed by atoms with E-state index >= 15 is 0 Å². The van der Waals surface area contributed by atoms with Crippen LogP contribution in [0.5, 0.6) is 5.75 Å². The molecule has 2 N–H and O–H groups in total. The fourth-order valence-corrected chi connectivity index (χ4v) is 4.83. The molecule has 4 rings (SSSR count). The maximum Gasteiger partial charge on any atom is 0.422 e. The van der Waals surface area contributed by atoms with Gasteiger partial charge in [-0.2, -0.15) is 13.2 Å². The highest BCUT2D eigenvalue weighted by atomic mass is 35.5. The van der Waals surface area contributed by atoms with E-state index in [1.54, 1.807) is 11.0 Å². The molecule has 0 aromatic heterocycles. The SMILES string of the molecule is O=C(Nc1ccc(-c2cc(C(=O)N3CCN(CCO)CC3)ccc2Cl)cc1OCC(F)(F)F)c1c(F)cccc1Cl. The second kappa shape index (κ2) is 13.1. The van der Waals surface area contributed by atoms with E-state index in [-0.39, 0.29) is 34.0 Å². The Morgan fingerprint density at radius 2 is 1.71 bits per heavy atom. The van der Waals surface area contributed by atoms with Crippen LogP contribution in [-0.2, 0) is 0 Å². The van der Waals surface area contributed by atoms with Crippen molar-refractivity contribution >= 4 is 40.7 Å². The van der Waals surface area contributed by atoms with E-state index in [1.165, 1.54) is 42.5 Å². The number of ether oxygens (including phenoxy) is 1. The summed E-state index contributed by atoms with van der Waals surface area (Å²) in [5.41, 5.74) is 0.349. The van der Waals surface area contributed by atoms with Gasteiger partial charge in [0.05, 0.1) is 22.9 Å². The molecule has 1 fully saturated rings. The fourth-order valence-electron chi connectivity index (χ4n) is 4.35. The Morgan fingerprint density at radius 3 is 2.37 bits per heavy atom. The van der Waals surface area contributed by atoms with Crippen LogP contribution in [0.2, 0.25) is 10.0 Å². The Kier molecular flexibility index (Phi) is 9.75. The minimum absolute atomic E-state index is 0.0303. The van der Waals surface area contributed by atoms with Gasteiger partial charge in [-0.1, -0.05) is 35.3 Å². The average molecular weight is 614 g/mol. The second-order valence-electron chi connectivity index (χ2n) is 9.22. The molecule has 3 aromatic rings. The van der Waals surface area contributed by atoms with Crippen molar-refractivity contribution in [1.82, 2.24) is 9.80 Å². The molecule has 0 saturated carbocycles. The Bertz CT molecular complexity index is 1410. The number of carbonyl (C=O) groups excluding carboxylic acids is 2.